The predicted molar refractivity (Wildman–Crippen MR) is 92.0 cm³/mol. The fourth-order valence-electron chi connectivity index (χ4n) is 3.83. The molecule has 2 aromatic rings. The van der Waals surface area contributed by atoms with Crippen LogP contribution in [0, 0.1) is 13.8 Å². The van der Waals surface area contributed by atoms with Gasteiger partial charge in [-0.05, 0) is 32.4 Å². The molecule has 0 N–H and O–H groups in total. The topological polar surface area (TPSA) is 60.6 Å². The molecule has 0 aromatic carbocycles. The van der Waals surface area contributed by atoms with Crippen LogP contribution in [0.25, 0.3) is 0 Å². The summed E-state index contributed by atoms with van der Waals surface area (Å²) in [4.78, 5) is 6.86. The highest BCUT2D eigenvalue weighted by Crippen LogP contribution is 2.36. The van der Waals surface area contributed by atoms with Crippen molar-refractivity contribution in [2.45, 2.75) is 51.5 Å². The van der Waals surface area contributed by atoms with Gasteiger partial charge in [0.05, 0.1) is 29.7 Å². The molecular weight excluding hydrogens is 318 g/mol. The molecule has 2 fully saturated rings. The van der Waals surface area contributed by atoms with E-state index in [1.54, 1.807) is 0 Å². The van der Waals surface area contributed by atoms with Gasteiger partial charge in [0.25, 0.3) is 0 Å². The average molecular weight is 343 g/mol. The van der Waals surface area contributed by atoms with Crippen LogP contribution in [0.4, 0.5) is 0 Å². The van der Waals surface area contributed by atoms with Crippen molar-refractivity contribution in [2.24, 2.45) is 0 Å². The monoisotopic (exact) mass is 343 g/mol. The van der Waals surface area contributed by atoms with E-state index in [4.69, 9.17) is 14.0 Å². The zero-order chi connectivity index (χ0) is 17.3. The fourth-order valence-corrected chi connectivity index (χ4v) is 3.83. The number of aromatic nitrogens is 2. The molecule has 6 nitrogen and oxygen atoms in total. The highest BCUT2D eigenvalue weighted by Gasteiger charge is 2.47. The van der Waals surface area contributed by atoms with Crippen molar-refractivity contribution in [2.75, 3.05) is 19.7 Å². The minimum atomic E-state index is -0.0538. The third-order valence-electron chi connectivity index (χ3n) is 4.95. The van der Waals surface area contributed by atoms with E-state index in [1.165, 1.54) is 0 Å². The summed E-state index contributed by atoms with van der Waals surface area (Å²) in [6.07, 6.45) is 2.15. The van der Waals surface area contributed by atoms with Crippen LogP contribution >= 0.6 is 0 Å². The van der Waals surface area contributed by atoms with Crippen molar-refractivity contribution < 1.29 is 14.0 Å². The van der Waals surface area contributed by atoms with E-state index >= 15 is 0 Å². The lowest BCUT2D eigenvalue weighted by Gasteiger charge is -2.53. The van der Waals surface area contributed by atoms with Crippen LogP contribution in [0.3, 0.4) is 0 Å². The third kappa shape index (κ3) is 3.92. The number of ether oxygens (including phenoxy) is 2. The van der Waals surface area contributed by atoms with Gasteiger partial charge in [-0.2, -0.15) is 0 Å². The smallest absolute Gasteiger partial charge is 0.133 e. The van der Waals surface area contributed by atoms with Gasteiger partial charge >= 0.3 is 0 Å². The van der Waals surface area contributed by atoms with E-state index in [0.29, 0.717) is 6.61 Å². The maximum Gasteiger partial charge on any atom is 0.133 e. The van der Waals surface area contributed by atoms with Crippen LogP contribution in [0.1, 0.15) is 35.7 Å². The molecule has 0 amide bonds. The third-order valence-corrected chi connectivity index (χ3v) is 4.95. The van der Waals surface area contributed by atoms with Crippen LogP contribution in [0.2, 0.25) is 0 Å². The number of hydrogen-bond acceptors (Lipinski definition) is 6. The molecule has 25 heavy (non-hydrogen) atoms. The Morgan fingerprint density at radius 1 is 1.28 bits per heavy atom. The number of hydrogen-bond donors (Lipinski definition) is 0. The predicted octanol–water partition coefficient (Wildman–Crippen LogP) is 2.64. The minimum Gasteiger partial charge on any atom is -0.372 e. The van der Waals surface area contributed by atoms with E-state index < -0.39 is 0 Å². The highest BCUT2D eigenvalue weighted by atomic mass is 16.5. The number of rotatable bonds is 5. The van der Waals surface area contributed by atoms with Crippen molar-refractivity contribution in [3.63, 3.8) is 0 Å². The lowest BCUT2D eigenvalue weighted by molar-refractivity contribution is -0.200. The van der Waals surface area contributed by atoms with E-state index in [9.17, 15) is 0 Å². The lowest BCUT2D eigenvalue weighted by atomic mass is 9.84. The summed E-state index contributed by atoms with van der Waals surface area (Å²) in [5.41, 5.74) is 2.96. The molecule has 1 atom stereocenters. The largest absolute Gasteiger partial charge is 0.372 e. The quantitative estimate of drug-likeness (QED) is 0.832. The molecule has 0 unspecified atom stereocenters. The van der Waals surface area contributed by atoms with Gasteiger partial charge < -0.3 is 14.0 Å². The molecule has 4 heterocycles. The van der Waals surface area contributed by atoms with Gasteiger partial charge in [0, 0.05) is 44.4 Å². The molecule has 4 rings (SSSR count). The summed E-state index contributed by atoms with van der Waals surface area (Å²) in [7, 11) is 0. The summed E-state index contributed by atoms with van der Waals surface area (Å²) in [6.45, 7) is 7.95. The highest BCUT2D eigenvalue weighted by molar-refractivity contribution is 5.10. The van der Waals surface area contributed by atoms with E-state index in [-0.39, 0.29) is 11.7 Å². The molecule has 2 aliphatic rings. The summed E-state index contributed by atoms with van der Waals surface area (Å²) in [5.74, 6) is 0.859. The average Bonchev–Trinajstić information content (AvgIpc) is 2.97. The Hall–Kier alpha value is -1.76. The molecule has 0 aliphatic carbocycles. The first-order valence-electron chi connectivity index (χ1n) is 8.93. The van der Waals surface area contributed by atoms with Gasteiger partial charge in [0.15, 0.2) is 0 Å². The molecule has 2 aromatic heterocycles. The van der Waals surface area contributed by atoms with Gasteiger partial charge in [-0.15, -0.1) is 0 Å². The van der Waals surface area contributed by atoms with Crippen molar-refractivity contribution in [1.82, 2.24) is 15.0 Å². The zero-order valence-corrected chi connectivity index (χ0v) is 14.9. The van der Waals surface area contributed by atoms with Crippen LogP contribution < -0.4 is 0 Å². The normalized spacial score (nSPS) is 22.9. The molecule has 1 spiro atoms. The first kappa shape index (κ1) is 16.7. The van der Waals surface area contributed by atoms with Crippen molar-refractivity contribution in [1.29, 1.82) is 0 Å². The number of likely N-dealkylation sites (tertiary alicyclic amines) is 1. The number of aryl methyl sites for hydroxylation is 2. The molecule has 134 valence electrons. The summed E-state index contributed by atoms with van der Waals surface area (Å²) in [5, 5.41) is 4.07. The van der Waals surface area contributed by atoms with Crippen LogP contribution in [0.5, 0.6) is 0 Å². The Bertz CT molecular complexity index is 724. The molecule has 0 saturated carbocycles. The van der Waals surface area contributed by atoms with E-state index in [1.807, 2.05) is 38.1 Å². The molecule has 2 saturated heterocycles. The maximum atomic E-state index is 6.12. The van der Waals surface area contributed by atoms with Gasteiger partial charge in [-0.3, -0.25) is 9.88 Å². The molecule has 6 heteroatoms. The second-order valence-electron chi connectivity index (χ2n) is 7.30. The van der Waals surface area contributed by atoms with E-state index in [0.717, 1.165) is 61.9 Å². The standard InChI is InChI=1S/C19H25N3O3/c1-14-4-3-5-16(20-14)11-23-18-6-7-24-19(9-18)12-22(13-19)10-17-8-15(2)25-21-17/h3-5,8,18H,6-7,9-13H2,1-2H3/t18-/m0/s1. The zero-order valence-electron chi connectivity index (χ0n) is 14.9. The first-order valence-corrected chi connectivity index (χ1v) is 8.93. The summed E-state index contributed by atoms with van der Waals surface area (Å²) >= 11 is 0. The van der Waals surface area contributed by atoms with Crippen LogP contribution in [0.15, 0.2) is 28.8 Å². The Morgan fingerprint density at radius 3 is 2.92 bits per heavy atom. The molecule has 0 radical (unpaired) electrons. The number of nitrogens with zero attached hydrogens (tertiary/aromatic N) is 3. The van der Waals surface area contributed by atoms with Crippen molar-refractivity contribution >= 4 is 0 Å². The molecular formula is C19H25N3O3. The van der Waals surface area contributed by atoms with Crippen LogP contribution in [-0.4, -0.2) is 46.4 Å². The second-order valence-corrected chi connectivity index (χ2v) is 7.30. The lowest BCUT2D eigenvalue weighted by Crippen LogP contribution is -2.65. The van der Waals surface area contributed by atoms with Crippen LogP contribution in [-0.2, 0) is 22.6 Å². The molecule has 0 bridgehead atoms. The second kappa shape index (κ2) is 6.86. The van der Waals surface area contributed by atoms with Gasteiger partial charge in [0.2, 0.25) is 0 Å². The van der Waals surface area contributed by atoms with E-state index in [2.05, 4.69) is 15.0 Å². The van der Waals surface area contributed by atoms with Gasteiger partial charge in [0.1, 0.15) is 5.76 Å². The minimum absolute atomic E-state index is 0.0538. The van der Waals surface area contributed by atoms with Gasteiger partial charge in [-0.1, -0.05) is 11.2 Å². The van der Waals surface area contributed by atoms with Gasteiger partial charge in [-0.25, -0.2) is 0 Å². The first-order chi connectivity index (χ1) is 12.1. The van der Waals surface area contributed by atoms with Crippen molar-refractivity contribution in [3.8, 4) is 0 Å². The Labute approximate surface area is 148 Å². The molecule has 2 aliphatic heterocycles. The fraction of sp³-hybridized carbons (Fsp3) is 0.579. The summed E-state index contributed by atoms with van der Waals surface area (Å²) in [6, 6.07) is 8.05. The SMILES string of the molecule is Cc1cccc(CO[C@H]2CCOC3(C2)CN(Cc2cc(C)on2)C3)n1. The summed E-state index contributed by atoms with van der Waals surface area (Å²) < 4.78 is 17.4. The van der Waals surface area contributed by atoms with Crippen molar-refractivity contribution in [3.05, 3.63) is 47.1 Å². The Morgan fingerprint density at radius 2 is 2.16 bits per heavy atom. The number of pyridine rings is 1. The Balaban J connectivity index is 1.27. The Kier molecular flexibility index (Phi) is 4.58. The maximum absolute atomic E-state index is 6.12.